The number of piperazine rings is 1. The van der Waals surface area contributed by atoms with Gasteiger partial charge in [-0.25, -0.2) is 4.98 Å². The van der Waals surface area contributed by atoms with Crippen molar-refractivity contribution in [2.45, 2.75) is 13.3 Å². The highest BCUT2D eigenvalue weighted by Crippen LogP contribution is 2.27. The first kappa shape index (κ1) is 23.2. The minimum atomic E-state index is 0.827. The molecule has 0 unspecified atom stereocenters. The molecule has 1 aromatic carbocycles. The topological polar surface area (TPSA) is 82.7 Å². The van der Waals surface area contributed by atoms with Crippen LogP contribution in [0.25, 0.3) is 11.3 Å². The molecule has 0 aliphatic carbocycles. The molecule has 3 N–H and O–H groups in total. The van der Waals surface area contributed by atoms with Crippen molar-refractivity contribution in [3.8, 4) is 11.3 Å². The Bertz CT molecular complexity index is 887. The second-order valence-corrected chi connectivity index (χ2v) is 8.23. The molecule has 0 radical (unpaired) electrons. The number of rotatable bonds is 9. The van der Waals surface area contributed by atoms with Gasteiger partial charge in [-0.15, -0.1) is 0 Å². The summed E-state index contributed by atoms with van der Waals surface area (Å²) in [5.74, 6) is 0.958. The summed E-state index contributed by atoms with van der Waals surface area (Å²) in [6, 6.07) is 8.69. The van der Waals surface area contributed by atoms with Crippen LogP contribution in [-0.2, 0) is 6.42 Å². The summed E-state index contributed by atoms with van der Waals surface area (Å²) in [4.78, 5) is 18.4. The van der Waals surface area contributed by atoms with E-state index in [9.17, 15) is 0 Å². The minimum Gasteiger partial charge on any atom is -0.404 e. The van der Waals surface area contributed by atoms with Crippen molar-refractivity contribution in [2.24, 2.45) is 10.7 Å². The van der Waals surface area contributed by atoms with E-state index in [1.54, 1.807) is 37.6 Å². The van der Waals surface area contributed by atoms with Gasteiger partial charge in [0.15, 0.2) is 5.82 Å². The fourth-order valence-corrected chi connectivity index (χ4v) is 3.99. The Morgan fingerprint density at radius 2 is 1.87 bits per heavy atom. The van der Waals surface area contributed by atoms with Crippen LogP contribution in [0.4, 0.5) is 5.82 Å². The molecule has 31 heavy (non-hydrogen) atoms. The van der Waals surface area contributed by atoms with Gasteiger partial charge in [0.1, 0.15) is 5.69 Å². The van der Waals surface area contributed by atoms with Gasteiger partial charge in [0.25, 0.3) is 0 Å². The maximum absolute atomic E-state index is 5.81. The van der Waals surface area contributed by atoms with Crippen LogP contribution in [0, 0.1) is 0 Å². The number of aromatic nitrogens is 2. The van der Waals surface area contributed by atoms with Gasteiger partial charge in [0, 0.05) is 81.8 Å². The molecule has 1 saturated heterocycles. The predicted octanol–water partition coefficient (Wildman–Crippen LogP) is 2.61. The number of hydrogen-bond donors (Lipinski definition) is 2. The maximum Gasteiger partial charge on any atom is 0.155 e. The van der Waals surface area contributed by atoms with E-state index in [4.69, 9.17) is 5.73 Å². The lowest BCUT2D eigenvalue weighted by Gasteiger charge is -2.36. The monoisotopic (exact) mass is 439 g/mol. The van der Waals surface area contributed by atoms with Crippen LogP contribution in [-0.4, -0.2) is 73.2 Å². The Labute approximate surface area is 190 Å². The van der Waals surface area contributed by atoms with E-state index in [-0.39, 0.29) is 0 Å². The van der Waals surface area contributed by atoms with Gasteiger partial charge in [0.2, 0.25) is 0 Å². The summed E-state index contributed by atoms with van der Waals surface area (Å²) in [7, 11) is 1.81. The Morgan fingerprint density at radius 1 is 1.16 bits per heavy atom. The summed E-state index contributed by atoms with van der Waals surface area (Å²) >= 11 is 1.65. The molecule has 1 fully saturated rings. The minimum absolute atomic E-state index is 0.827. The van der Waals surface area contributed by atoms with Gasteiger partial charge in [-0.2, -0.15) is 0 Å². The van der Waals surface area contributed by atoms with E-state index < -0.39 is 0 Å². The average Bonchev–Trinajstić information content (AvgIpc) is 2.83. The first-order chi connectivity index (χ1) is 15.2. The van der Waals surface area contributed by atoms with Crippen molar-refractivity contribution < 1.29 is 0 Å². The molecule has 166 valence electrons. The van der Waals surface area contributed by atoms with Crippen LogP contribution >= 0.6 is 11.9 Å². The van der Waals surface area contributed by atoms with Gasteiger partial charge in [-0.3, -0.25) is 19.6 Å². The SMILES string of the molecule is CN=C(C)/C(=C\N)CN1CCN(c2nccnc2-c2ccc(CCNSC)cc2)CC1. The molecule has 0 amide bonds. The smallest absolute Gasteiger partial charge is 0.155 e. The molecule has 0 saturated carbocycles. The second kappa shape index (κ2) is 11.8. The molecule has 2 aromatic rings. The van der Waals surface area contributed by atoms with Crippen LogP contribution in [0.3, 0.4) is 0 Å². The van der Waals surface area contributed by atoms with Crippen molar-refractivity contribution in [3.63, 3.8) is 0 Å². The molecule has 8 heteroatoms. The van der Waals surface area contributed by atoms with Gasteiger partial charge >= 0.3 is 0 Å². The molecule has 1 aromatic heterocycles. The standard InChI is InChI=1S/C23H33N7S/c1-18(25-2)21(16-24)17-29-12-14-30(15-13-29)23-22(26-10-11-27-23)20-6-4-19(5-7-20)8-9-28-31-3/h4-7,10-11,16,28H,8-9,12-15,17,24H2,1-3H3/b21-16-,25-18?. The fourth-order valence-electron chi connectivity index (χ4n) is 3.68. The molecule has 1 aliphatic heterocycles. The summed E-state index contributed by atoms with van der Waals surface area (Å²) in [6.07, 6.45) is 8.29. The van der Waals surface area contributed by atoms with Gasteiger partial charge in [-0.1, -0.05) is 36.2 Å². The molecule has 7 nitrogen and oxygen atoms in total. The van der Waals surface area contributed by atoms with Gasteiger partial charge < -0.3 is 10.6 Å². The maximum atomic E-state index is 5.81. The number of aliphatic imine (C=N–C) groups is 1. The number of nitrogens with one attached hydrogen (secondary N) is 1. The van der Waals surface area contributed by atoms with Crippen LogP contribution in [0.15, 0.2) is 53.4 Å². The Hall–Kier alpha value is -2.42. The molecule has 2 heterocycles. The highest BCUT2D eigenvalue weighted by atomic mass is 32.2. The lowest BCUT2D eigenvalue weighted by atomic mass is 10.1. The van der Waals surface area contributed by atoms with E-state index in [0.29, 0.717) is 0 Å². The van der Waals surface area contributed by atoms with Crippen molar-refractivity contribution in [1.29, 1.82) is 0 Å². The summed E-state index contributed by atoms with van der Waals surface area (Å²) in [6.45, 7) is 7.51. The largest absolute Gasteiger partial charge is 0.404 e. The van der Waals surface area contributed by atoms with Crippen LogP contribution in [0.5, 0.6) is 0 Å². The average molecular weight is 440 g/mol. The zero-order valence-electron chi connectivity index (χ0n) is 18.7. The number of anilines is 1. The highest BCUT2D eigenvalue weighted by molar-refractivity contribution is 7.96. The number of nitrogens with two attached hydrogens (primary N) is 1. The van der Waals surface area contributed by atoms with E-state index in [0.717, 1.165) is 74.0 Å². The molecular formula is C23H33N7S. The van der Waals surface area contributed by atoms with Crippen LogP contribution in [0.1, 0.15) is 12.5 Å². The van der Waals surface area contributed by atoms with E-state index in [1.807, 2.05) is 13.2 Å². The van der Waals surface area contributed by atoms with Crippen molar-refractivity contribution in [2.75, 3.05) is 57.5 Å². The quantitative estimate of drug-likeness (QED) is 0.353. The van der Waals surface area contributed by atoms with Crippen molar-refractivity contribution in [3.05, 3.63) is 54.0 Å². The Morgan fingerprint density at radius 3 is 2.52 bits per heavy atom. The van der Waals surface area contributed by atoms with E-state index in [1.165, 1.54) is 5.56 Å². The Kier molecular flexibility index (Phi) is 8.87. The van der Waals surface area contributed by atoms with E-state index >= 15 is 0 Å². The zero-order valence-corrected chi connectivity index (χ0v) is 19.5. The van der Waals surface area contributed by atoms with Crippen molar-refractivity contribution in [1.82, 2.24) is 19.6 Å². The zero-order chi connectivity index (χ0) is 22.1. The van der Waals surface area contributed by atoms with Gasteiger partial charge in [0.05, 0.1) is 0 Å². The number of hydrogen-bond acceptors (Lipinski definition) is 8. The number of benzene rings is 1. The lowest BCUT2D eigenvalue weighted by molar-refractivity contribution is 0.280. The first-order valence-corrected chi connectivity index (χ1v) is 11.9. The lowest BCUT2D eigenvalue weighted by Crippen LogP contribution is -2.47. The normalized spacial score (nSPS) is 16.0. The summed E-state index contributed by atoms with van der Waals surface area (Å²) in [5.41, 5.74) is 11.3. The third-order valence-corrected chi connectivity index (χ3v) is 6.13. The second-order valence-electron chi connectivity index (χ2n) is 7.54. The van der Waals surface area contributed by atoms with E-state index in [2.05, 4.69) is 53.7 Å². The summed E-state index contributed by atoms with van der Waals surface area (Å²) < 4.78 is 3.29. The summed E-state index contributed by atoms with van der Waals surface area (Å²) in [5, 5.41) is 0. The third kappa shape index (κ3) is 6.29. The molecule has 0 spiro atoms. The number of nitrogens with zero attached hydrogens (tertiary/aromatic N) is 5. The molecule has 1 aliphatic rings. The van der Waals surface area contributed by atoms with Crippen molar-refractivity contribution >= 4 is 23.5 Å². The van der Waals surface area contributed by atoms with Crippen LogP contribution < -0.4 is 15.4 Å². The van der Waals surface area contributed by atoms with Gasteiger partial charge in [-0.05, 0) is 25.2 Å². The first-order valence-electron chi connectivity index (χ1n) is 10.6. The molecule has 0 atom stereocenters. The van der Waals surface area contributed by atoms with Crippen LogP contribution in [0.2, 0.25) is 0 Å². The molecule has 3 rings (SSSR count). The predicted molar refractivity (Wildman–Crippen MR) is 133 cm³/mol. The Balaban J connectivity index is 1.66. The third-order valence-electron chi connectivity index (χ3n) is 5.63. The highest BCUT2D eigenvalue weighted by Gasteiger charge is 2.22. The molecular weight excluding hydrogens is 406 g/mol. The fraction of sp³-hybridized carbons (Fsp3) is 0.435. The molecule has 0 bridgehead atoms.